The molecule has 4 N–H and O–H groups in total. The van der Waals surface area contributed by atoms with E-state index in [1.165, 1.54) is 0 Å². The standard InChI is InChI=1S/C8H10IN3/c1-2-7(10)5-3-12-4-6(9)8(5)11/h2-4,7H,1,10H2,(H2,11,12)/t7-/m0/s1. The maximum atomic E-state index is 5.78. The summed E-state index contributed by atoms with van der Waals surface area (Å²) in [5.74, 6) is 0. The summed E-state index contributed by atoms with van der Waals surface area (Å²) in [7, 11) is 0. The number of hydrogen-bond acceptors (Lipinski definition) is 3. The highest BCUT2D eigenvalue weighted by Gasteiger charge is 2.07. The third-order valence-corrected chi connectivity index (χ3v) is 2.44. The van der Waals surface area contributed by atoms with Gasteiger partial charge < -0.3 is 11.5 Å². The van der Waals surface area contributed by atoms with E-state index in [0.717, 1.165) is 9.13 Å². The molecule has 0 aliphatic heterocycles. The normalized spacial score (nSPS) is 12.5. The Morgan fingerprint density at radius 2 is 2.25 bits per heavy atom. The first-order valence-electron chi connectivity index (χ1n) is 3.43. The van der Waals surface area contributed by atoms with Crippen LogP contribution in [0.1, 0.15) is 11.6 Å². The summed E-state index contributed by atoms with van der Waals surface area (Å²) in [6, 6.07) is -0.229. The van der Waals surface area contributed by atoms with Crippen LogP contribution in [-0.4, -0.2) is 4.98 Å². The molecule has 1 atom stereocenters. The van der Waals surface area contributed by atoms with Crippen LogP contribution in [0.15, 0.2) is 25.0 Å². The monoisotopic (exact) mass is 275 g/mol. The smallest absolute Gasteiger partial charge is 0.0546 e. The molecule has 0 saturated carbocycles. The zero-order valence-electron chi connectivity index (χ0n) is 6.50. The van der Waals surface area contributed by atoms with E-state index in [2.05, 4.69) is 34.2 Å². The van der Waals surface area contributed by atoms with Gasteiger partial charge in [-0.3, -0.25) is 4.98 Å². The third kappa shape index (κ3) is 1.75. The number of halogens is 1. The zero-order valence-corrected chi connectivity index (χ0v) is 8.65. The van der Waals surface area contributed by atoms with Crippen LogP contribution in [0.3, 0.4) is 0 Å². The summed E-state index contributed by atoms with van der Waals surface area (Å²) in [6.07, 6.45) is 5.02. The van der Waals surface area contributed by atoms with Crippen molar-refractivity contribution in [2.45, 2.75) is 6.04 Å². The lowest BCUT2D eigenvalue weighted by atomic mass is 10.1. The van der Waals surface area contributed by atoms with Gasteiger partial charge in [-0.1, -0.05) is 6.08 Å². The molecule has 0 spiro atoms. The van der Waals surface area contributed by atoms with Crippen molar-refractivity contribution in [3.05, 3.63) is 34.2 Å². The predicted molar refractivity (Wildman–Crippen MR) is 58.5 cm³/mol. The zero-order chi connectivity index (χ0) is 9.14. The van der Waals surface area contributed by atoms with Crippen LogP contribution in [0.25, 0.3) is 0 Å². The van der Waals surface area contributed by atoms with Crippen LogP contribution in [0.2, 0.25) is 0 Å². The van der Waals surface area contributed by atoms with Crippen molar-refractivity contribution in [1.29, 1.82) is 0 Å². The minimum absolute atomic E-state index is 0.229. The molecular formula is C8H10IN3. The first kappa shape index (κ1) is 9.47. The lowest BCUT2D eigenvalue weighted by Gasteiger charge is -2.09. The molecule has 0 bridgehead atoms. The second-order valence-corrected chi connectivity index (χ2v) is 3.55. The molecule has 1 aromatic rings. The van der Waals surface area contributed by atoms with Gasteiger partial charge in [-0.05, 0) is 22.6 Å². The number of rotatable bonds is 2. The highest BCUT2D eigenvalue weighted by Crippen LogP contribution is 2.22. The van der Waals surface area contributed by atoms with E-state index in [-0.39, 0.29) is 6.04 Å². The number of anilines is 1. The molecule has 64 valence electrons. The van der Waals surface area contributed by atoms with Crippen molar-refractivity contribution in [1.82, 2.24) is 4.98 Å². The molecule has 1 aromatic heterocycles. The van der Waals surface area contributed by atoms with E-state index in [9.17, 15) is 0 Å². The molecule has 0 aliphatic carbocycles. The molecule has 0 aliphatic rings. The molecule has 0 aromatic carbocycles. The van der Waals surface area contributed by atoms with Gasteiger partial charge in [0.2, 0.25) is 0 Å². The fourth-order valence-corrected chi connectivity index (χ4v) is 1.32. The summed E-state index contributed by atoms with van der Waals surface area (Å²) in [5.41, 5.74) is 13.0. The van der Waals surface area contributed by atoms with Crippen molar-refractivity contribution >= 4 is 28.3 Å². The summed E-state index contributed by atoms with van der Waals surface area (Å²) < 4.78 is 0.919. The number of nitrogens with two attached hydrogens (primary N) is 2. The SMILES string of the molecule is C=C[C@H](N)c1cncc(I)c1N. The quantitative estimate of drug-likeness (QED) is 0.634. The molecule has 1 heterocycles. The van der Waals surface area contributed by atoms with Crippen LogP contribution in [-0.2, 0) is 0 Å². The fraction of sp³-hybridized carbons (Fsp3) is 0.125. The number of pyridine rings is 1. The Kier molecular flexibility index (Phi) is 3.05. The Labute approximate surface area is 85.0 Å². The molecule has 0 radical (unpaired) electrons. The maximum absolute atomic E-state index is 5.78. The molecule has 0 fully saturated rings. The summed E-state index contributed by atoms with van der Waals surface area (Å²) in [6.45, 7) is 3.60. The van der Waals surface area contributed by atoms with Crippen LogP contribution in [0, 0.1) is 3.57 Å². The molecule has 3 nitrogen and oxygen atoms in total. The number of aromatic nitrogens is 1. The van der Waals surface area contributed by atoms with Crippen LogP contribution in [0.4, 0.5) is 5.69 Å². The van der Waals surface area contributed by atoms with Gasteiger partial charge in [0.1, 0.15) is 0 Å². The molecule has 0 amide bonds. The molecule has 0 unspecified atom stereocenters. The molecule has 1 rings (SSSR count). The van der Waals surface area contributed by atoms with E-state index < -0.39 is 0 Å². The predicted octanol–water partition coefficient (Wildman–Crippen LogP) is 1.45. The van der Waals surface area contributed by atoms with E-state index in [1.54, 1.807) is 18.5 Å². The topological polar surface area (TPSA) is 64.9 Å². The van der Waals surface area contributed by atoms with Crippen molar-refractivity contribution < 1.29 is 0 Å². The molecule has 0 saturated heterocycles. The lowest BCUT2D eigenvalue weighted by molar-refractivity contribution is 0.906. The Hall–Kier alpha value is -0.620. The Morgan fingerprint density at radius 1 is 1.58 bits per heavy atom. The van der Waals surface area contributed by atoms with Crippen LogP contribution < -0.4 is 11.5 Å². The van der Waals surface area contributed by atoms with Gasteiger partial charge in [0.15, 0.2) is 0 Å². The van der Waals surface area contributed by atoms with Gasteiger partial charge in [-0.25, -0.2) is 0 Å². The Morgan fingerprint density at radius 3 is 2.83 bits per heavy atom. The van der Waals surface area contributed by atoms with Crippen molar-refractivity contribution in [3.63, 3.8) is 0 Å². The fourth-order valence-electron chi connectivity index (χ4n) is 0.853. The summed E-state index contributed by atoms with van der Waals surface area (Å²) >= 11 is 2.12. The van der Waals surface area contributed by atoms with Gasteiger partial charge in [-0.2, -0.15) is 0 Å². The van der Waals surface area contributed by atoms with Crippen molar-refractivity contribution in [3.8, 4) is 0 Å². The van der Waals surface area contributed by atoms with Crippen LogP contribution in [0.5, 0.6) is 0 Å². The Bertz CT molecular complexity index is 298. The average molecular weight is 275 g/mol. The highest BCUT2D eigenvalue weighted by atomic mass is 127. The van der Waals surface area contributed by atoms with Gasteiger partial charge in [-0.15, -0.1) is 6.58 Å². The second kappa shape index (κ2) is 3.86. The minimum atomic E-state index is -0.229. The lowest BCUT2D eigenvalue weighted by Crippen LogP contribution is -2.10. The van der Waals surface area contributed by atoms with E-state index in [1.807, 2.05) is 0 Å². The molecule has 12 heavy (non-hydrogen) atoms. The highest BCUT2D eigenvalue weighted by molar-refractivity contribution is 14.1. The molecular weight excluding hydrogens is 265 g/mol. The second-order valence-electron chi connectivity index (χ2n) is 2.39. The van der Waals surface area contributed by atoms with E-state index >= 15 is 0 Å². The van der Waals surface area contributed by atoms with Gasteiger partial charge in [0, 0.05) is 18.0 Å². The maximum Gasteiger partial charge on any atom is 0.0546 e. The first-order chi connectivity index (χ1) is 5.66. The number of hydrogen-bond donors (Lipinski definition) is 2. The minimum Gasteiger partial charge on any atom is -0.397 e. The summed E-state index contributed by atoms with van der Waals surface area (Å²) in [5, 5.41) is 0. The number of nitrogen functional groups attached to an aromatic ring is 1. The first-order valence-corrected chi connectivity index (χ1v) is 4.51. The number of nitrogens with zero attached hydrogens (tertiary/aromatic N) is 1. The Balaban J connectivity index is 3.15. The van der Waals surface area contributed by atoms with E-state index in [4.69, 9.17) is 11.5 Å². The van der Waals surface area contributed by atoms with Gasteiger partial charge >= 0.3 is 0 Å². The van der Waals surface area contributed by atoms with Crippen molar-refractivity contribution in [2.75, 3.05) is 5.73 Å². The van der Waals surface area contributed by atoms with Crippen molar-refractivity contribution in [2.24, 2.45) is 5.73 Å². The average Bonchev–Trinajstić information content (AvgIpc) is 2.08. The molecule has 4 heteroatoms. The van der Waals surface area contributed by atoms with Gasteiger partial charge in [0.05, 0.1) is 15.3 Å². The van der Waals surface area contributed by atoms with Crippen LogP contribution >= 0.6 is 22.6 Å². The summed E-state index contributed by atoms with van der Waals surface area (Å²) in [4.78, 5) is 4.00. The largest absolute Gasteiger partial charge is 0.397 e. The van der Waals surface area contributed by atoms with Gasteiger partial charge in [0.25, 0.3) is 0 Å². The van der Waals surface area contributed by atoms with E-state index in [0.29, 0.717) is 5.69 Å². The third-order valence-electron chi connectivity index (χ3n) is 1.58.